The fraction of sp³-hybridized carbons (Fsp3) is 0.238. The lowest BCUT2D eigenvalue weighted by molar-refractivity contribution is -0.123. The van der Waals surface area contributed by atoms with Crippen LogP contribution in [0.1, 0.15) is 23.6 Å². The van der Waals surface area contributed by atoms with E-state index in [0.29, 0.717) is 17.5 Å². The first kappa shape index (κ1) is 18.7. The van der Waals surface area contributed by atoms with Gasteiger partial charge in [-0.2, -0.15) is 4.98 Å². The maximum atomic E-state index is 12.5. The Hall–Kier alpha value is -3.68. The molecule has 0 saturated heterocycles. The van der Waals surface area contributed by atoms with E-state index in [1.807, 2.05) is 56.3 Å². The van der Waals surface area contributed by atoms with Gasteiger partial charge < -0.3 is 10.1 Å². The van der Waals surface area contributed by atoms with E-state index in [-0.39, 0.29) is 18.2 Å². The van der Waals surface area contributed by atoms with Crippen molar-refractivity contribution in [1.82, 2.24) is 14.8 Å². The zero-order valence-corrected chi connectivity index (χ0v) is 16.4. The van der Waals surface area contributed by atoms with Crippen LogP contribution in [0.15, 0.2) is 42.5 Å². The molecule has 0 unspecified atom stereocenters. The molecular weight excluding hydrogens is 370 g/mol. The van der Waals surface area contributed by atoms with Gasteiger partial charge in [0.25, 0.3) is 5.91 Å². The number of nitrogens with zero attached hydrogens (tertiary/aromatic N) is 3. The average molecular weight is 391 g/mol. The Morgan fingerprint density at radius 3 is 2.52 bits per heavy atom. The lowest BCUT2D eigenvalue weighted by Gasteiger charge is -2.11. The maximum Gasteiger partial charge on any atom is 0.252 e. The van der Waals surface area contributed by atoms with E-state index in [1.165, 1.54) is 4.68 Å². The Balaban J connectivity index is 1.51. The predicted molar refractivity (Wildman–Crippen MR) is 109 cm³/mol. The summed E-state index contributed by atoms with van der Waals surface area (Å²) >= 11 is 0. The Kier molecular flexibility index (Phi) is 4.75. The monoisotopic (exact) mass is 391 g/mol. The van der Waals surface area contributed by atoms with Gasteiger partial charge in [-0.15, -0.1) is 5.10 Å². The van der Waals surface area contributed by atoms with E-state index in [1.54, 1.807) is 7.11 Å². The second-order valence-electron chi connectivity index (χ2n) is 7.07. The molecule has 2 aromatic carbocycles. The fourth-order valence-electron chi connectivity index (χ4n) is 3.41. The molecule has 1 atom stereocenters. The standard InChI is InChI=1S/C21H21N5O3/c1-12-8-13(2)10-15(9-12)22-18(27)11-17-20(28)24-21-23-19(25-26(17)21)14-4-6-16(29-3)7-5-14/h4-10,17H,11H2,1-3H3,(H,22,27)(H,23,24,25,28)/t17-/m1/s1. The van der Waals surface area contributed by atoms with Crippen molar-refractivity contribution in [3.05, 3.63) is 53.6 Å². The van der Waals surface area contributed by atoms with Gasteiger partial charge in [-0.3, -0.25) is 14.9 Å². The Bertz CT molecular complexity index is 1070. The van der Waals surface area contributed by atoms with Crippen molar-refractivity contribution >= 4 is 23.5 Å². The number of hydrogen-bond acceptors (Lipinski definition) is 5. The minimum Gasteiger partial charge on any atom is -0.497 e. The highest BCUT2D eigenvalue weighted by atomic mass is 16.5. The van der Waals surface area contributed by atoms with Crippen LogP contribution in [0, 0.1) is 13.8 Å². The predicted octanol–water partition coefficient (Wildman–Crippen LogP) is 3.09. The largest absolute Gasteiger partial charge is 0.497 e. The van der Waals surface area contributed by atoms with Gasteiger partial charge in [0.1, 0.15) is 11.8 Å². The first-order valence-electron chi connectivity index (χ1n) is 9.23. The number of fused-ring (bicyclic) bond motifs is 1. The van der Waals surface area contributed by atoms with Crippen LogP contribution in [0.2, 0.25) is 0 Å². The third-order valence-electron chi connectivity index (χ3n) is 4.70. The molecule has 0 fully saturated rings. The average Bonchev–Trinajstić information content (AvgIpc) is 3.20. The summed E-state index contributed by atoms with van der Waals surface area (Å²) in [6.45, 7) is 3.94. The lowest BCUT2D eigenvalue weighted by Crippen LogP contribution is -2.23. The molecule has 0 aliphatic carbocycles. The minimum atomic E-state index is -0.740. The first-order valence-corrected chi connectivity index (χ1v) is 9.23. The van der Waals surface area contributed by atoms with Crippen LogP contribution in [0.4, 0.5) is 11.6 Å². The summed E-state index contributed by atoms with van der Waals surface area (Å²) in [5.74, 6) is 0.989. The van der Waals surface area contributed by atoms with E-state index < -0.39 is 6.04 Å². The Labute approximate surface area is 167 Å². The van der Waals surface area contributed by atoms with Gasteiger partial charge >= 0.3 is 0 Å². The molecule has 2 heterocycles. The SMILES string of the molecule is COc1ccc(-c2nc3n(n2)[C@H](CC(=O)Nc2cc(C)cc(C)c2)C(=O)N3)cc1. The number of aryl methyl sites for hydroxylation is 2. The van der Waals surface area contributed by atoms with Crippen molar-refractivity contribution < 1.29 is 14.3 Å². The highest BCUT2D eigenvalue weighted by Gasteiger charge is 2.35. The van der Waals surface area contributed by atoms with E-state index >= 15 is 0 Å². The smallest absolute Gasteiger partial charge is 0.252 e. The number of carbonyl (C=O) groups excluding carboxylic acids is 2. The number of anilines is 2. The van der Waals surface area contributed by atoms with Crippen molar-refractivity contribution in [3.8, 4) is 17.1 Å². The van der Waals surface area contributed by atoms with Crippen molar-refractivity contribution in [2.45, 2.75) is 26.3 Å². The lowest BCUT2D eigenvalue weighted by atomic mass is 10.1. The molecule has 2 N–H and O–H groups in total. The molecule has 8 nitrogen and oxygen atoms in total. The molecule has 8 heteroatoms. The van der Waals surface area contributed by atoms with Gasteiger partial charge in [-0.1, -0.05) is 6.07 Å². The highest BCUT2D eigenvalue weighted by molar-refractivity contribution is 6.01. The van der Waals surface area contributed by atoms with Crippen LogP contribution >= 0.6 is 0 Å². The van der Waals surface area contributed by atoms with Gasteiger partial charge in [-0.05, 0) is 61.4 Å². The molecule has 148 valence electrons. The topological polar surface area (TPSA) is 98.1 Å². The van der Waals surface area contributed by atoms with E-state index in [0.717, 1.165) is 22.4 Å². The number of amides is 2. The minimum absolute atomic E-state index is 0.0305. The summed E-state index contributed by atoms with van der Waals surface area (Å²) in [6.07, 6.45) is -0.0305. The number of methoxy groups -OCH3 is 1. The summed E-state index contributed by atoms with van der Waals surface area (Å²) in [5.41, 5.74) is 3.62. The normalized spacial score (nSPS) is 15.0. The zero-order chi connectivity index (χ0) is 20.5. The number of rotatable bonds is 5. The number of hydrogen-bond donors (Lipinski definition) is 2. The third kappa shape index (κ3) is 3.82. The molecule has 0 saturated carbocycles. The highest BCUT2D eigenvalue weighted by Crippen LogP contribution is 2.29. The summed E-state index contributed by atoms with van der Waals surface area (Å²) in [6, 6.07) is 12.4. The molecule has 29 heavy (non-hydrogen) atoms. The zero-order valence-electron chi connectivity index (χ0n) is 16.4. The summed E-state index contributed by atoms with van der Waals surface area (Å²) in [5, 5.41) is 9.99. The van der Waals surface area contributed by atoms with Crippen LogP contribution in [0.25, 0.3) is 11.4 Å². The quantitative estimate of drug-likeness (QED) is 0.696. The summed E-state index contributed by atoms with van der Waals surface area (Å²) in [4.78, 5) is 29.2. The van der Waals surface area contributed by atoms with Crippen molar-refractivity contribution in [3.63, 3.8) is 0 Å². The molecule has 3 aromatic rings. The van der Waals surface area contributed by atoms with Crippen molar-refractivity contribution in [1.29, 1.82) is 0 Å². The third-order valence-corrected chi connectivity index (χ3v) is 4.70. The molecule has 1 aliphatic rings. The molecule has 0 radical (unpaired) electrons. The number of nitrogens with one attached hydrogen (secondary N) is 2. The van der Waals surface area contributed by atoms with Crippen molar-refractivity contribution in [2.75, 3.05) is 17.7 Å². The van der Waals surface area contributed by atoms with Gasteiger partial charge in [-0.25, -0.2) is 4.68 Å². The summed E-state index contributed by atoms with van der Waals surface area (Å²) in [7, 11) is 1.60. The number of benzene rings is 2. The molecule has 1 aromatic heterocycles. The molecule has 0 spiro atoms. The summed E-state index contributed by atoms with van der Waals surface area (Å²) < 4.78 is 6.63. The molecule has 2 amide bonds. The molecule has 1 aliphatic heterocycles. The molecule has 0 bridgehead atoms. The van der Waals surface area contributed by atoms with Crippen molar-refractivity contribution in [2.24, 2.45) is 0 Å². The van der Waals surface area contributed by atoms with Gasteiger partial charge in [0.15, 0.2) is 5.82 Å². The Morgan fingerprint density at radius 1 is 1.17 bits per heavy atom. The van der Waals surface area contributed by atoms with Crippen LogP contribution in [0.3, 0.4) is 0 Å². The van der Waals surface area contributed by atoms with Crippen LogP contribution < -0.4 is 15.4 Å². The Morgan fingerprint density at radius 2 is 1.86 bits per heavy atom. The maximum absolute atomic E-state index is 12.5. The first-order chi connectivity index (χ1) is 13.9. The number of ether oxygens (including phenoxy) is 1. The van der Waals surface area contributed by atoms with Crippen LogP contribution in [-0.2, 0) is 9.59 Å². The van der Waals surface area contributed by atoms with Crippen LogP contribution in [0.5, 0.6) is 5.75 Å². The van der Waals surface area contributed by atoms with Gasteiger partial charge in [0, 0.05) is 11.3 Å². The van der Waals surface area contributed by atoms with E-state index in [4.69, 9.17) is 4.74 Å². The number of carbonyl (C=O) groups is 2. The van der Waals surface area contributed by atoms with Gasteiger partial charge in [0.2, 0.25) is 11.9 Å². The van der Waals surface area contributed by atoms with E-state index in [2.05, 4.69) is 20.7 Å². The molecule has 4 rings (SSSR count). The second-order valence-corrected chi connectivity index (χ2v) is 7.07. The second kappa shape index (κ2) is 7.38. The van der Waals surface area contributed by atoms with E-state index in [9.17, 15) is 9.59 Å². The van der Waals surface area contributed by atoms with Crippen LogP contribution in [-0.4, -0.2) is 33.7 Å². The molecular formula is C21H21N5O3. The fourth-order valence-corrected chi connectivity index (χ4v) is 3.41. The number of aromatic nitrogens is 3. The van der Waals surface area contributed by atoms with Gasteiger partial charge in [0.05, 0.1) is 13.5 Å².